The van der Waals surface area contributed by atoms with E-state index in [1.807, 2.05) is 49.4 Å². The maximum absolute atomic E-state index is 12.5. The second-order valence-corrected chi connectivity index (χ2v) is 8.00. The van der Waals surface area contributed by atoms with Crippen LogP contribution in [0.5, 0.6) is 5.75 Å². The van der Waals surface area contributed by atoms with Gasteiger partial charge in [0.15, 0.2) is 0 Å². The lowest BCUT2D eigenvalue weighted by atomic mass is 10.1. The Bertz CT molecular complexity index is 924. The van der Waals surface area contributed by atoms with Gasteiger partial charge in [-0.15, -0.1) is 0 Å². The van der Waals surface area contributed by atoms with E-state index in [0.29, 0.717) is 17.9 Å². The Balaban J connectivity index is 1.79. The van der Waals surface area contributed by atoms with Crippen molar-refractivity contribution >= 4 is 27.9 Å². The van der Waals surface area contributed by atoms with E-state index in [1.54, 1.807) is 6.08 Å². The maximum Gasteiger partial charge on any atom is 0.262 e. The van der Waals surface area contributed by atoms with Crippen LogP contribution in [0.2, 0.25) is 0 Å². The first-order valence-corrected chi connectivity index (χ1v) is 10.2. The first kappa shape index (κ1) is 20.2. The average Bonchev–Trinajstić information content (AvgIpc) is 3.18. The van der Waals surface area contributed by atoms with Crippen LogP contribution in [0.3, 0.4) is 0 Å². The van der Waals surface area contributed by atoms with E-state index in [1.165, 1.54) is 5.56 Å². The lowest BCUT2D eigenvalue weighted by molar-refractivity contribution is -0.117. The molecule has 3 rings (SSSR count). The number of hydrogen-bond acceptors (Lipinski definition) is 3. The molecule has 1 N–H and O–H groups in total. The summed E-state index contributed by atoms with van der Waals surface area (Å²) in [7, 11) is 0. The van der Waals surface area contributed by atoms with Crippen molar-refractivity contribution in [1.82, 2.24) is 5.32 Å². The Morgan fingerprint density at radius 2 is 2.07 bits per heavy atom. The number of benzene rings is 2. The predicted molar refractivity (Wildman–Crippen MR) is 114 cm³/mol. The third-order valence-electron chi connectivity index (χ3n) is 4.80. The number of carbonyl (C=O) groups excluding carboxylic acids is 1. The smallest absolute Gasteiger partial charge is 0.262 e. The van der Waals surface area contributed by atoms with E-state index in [4.69, 9.17) is 4.74 Å². The zero-order chi connectivity index (χ0) is 19.9. The van der Waals surface area contributed by atoms with Crippen LogP contribution in [-0.2, 0) is 11.4 Å². The molecule has 1 saturated carbocycles. The van der Waals surface area contributed by atoms with E-state index < -0.39 is 0 Å². The third-order valence-corrected chi connectivity index (χ3v) is 5.30. The monoisotopic (exact) mass is 438 g/mol. The molecule has 1 aliphatic rings. The van der Waals surface area contributed by atoms with Crippen LogP contribution in [0.1, 0.15) is 42.4 Å². The van der Waals surface area contributed by atoms with E-state index in [0.717, 1.165) is 35.7 Å². The van der Waals surface area contributed by atoms with Gasteiger partial charge < -0.3 is 10.1 Å². The van der Waals surface area contributed by atoms with Gasteiger partial charge in [0.05, 0.1) is 0 Å². The molecule has 0 unspecified atom stereocenters. The van der Waals surface area contributed by atoms with Gasteiger partial charge in [-0.2, -0.15) is 5.26 Å². The van der Waals surface area contributed by atoms with Crippen molar-refractivity contribution in [1.29, 1.82) is 5.26 Å². The molecule has 5 heteroatoms. The number of amides is 1. The lowest BCUT2D eigenvalue weighted by Crippen LogP contribution is -2.33. The molecule has 1 aliphatic carbocycles. The van der Waals surface area contributed by atoms with Crippen LogP contribution in [-0.4, -0.2) is 11.9 Å². The van der Waals surface area contributed by atoms with Crippen LogP contribution in [0.15, 0.2) is 52.5 Å². The predicted octanol–water partition coefficient (Wildman–Crippen LogP) is 5.30. The van der Waals surface area contributed by atoms with Crippen LogP contribution >= 0.6 is 15.9 Å². The Hall–Kier alpha value is -2.58. The Morgan fingerprint density at radius 3 is 2.79 bits per heavy atom. The van der Waals surface area contributed by atoms with Gasteiger partial charge in [-0.1, -0.05) is 58.6 Å². The molecular weight excluding hydrogens is 416 g/mol. The van der Waals surface area contributed by atoms with Crippen molar-refractivity contribution in [3.8, 4) is 11.8 Å². The molecule has 0 atom stereocenters. The van der Waals surface area contributed by atoms with Gasteiger partial charge in [0.25, 0.3) is 5.91 Å². The van der Waals surface area contributed by atoms with Gasteiger partial charge in [-0.25, -0.2) is 0 Å². The molecule has 0 aliphatic heterocycles. The zero-order valence-corrected chi connectivity index (χ0v) is 17.5. The second-order valence-electron chi connectivity index (χ2n) is 7.08. The quantitative estimate of drug-likeness (QED) is 0.491. The number of nitrogens with zero attached hydrogens (tertiary/aromatic N) is 1. The van der Waals surface area contributed by atoms with Crippen molar-refractivity contribution in [3.63, 3.8) is 0 Å². The summed E-state index contributed by atoms with van der Waals surface area (Å²) >= 11 is 3.45. The number of halogens is 1. The van der Waals surface area contributed by atoms with Crippen molar-refractivity contribution in [2.45, 2.75) is 45.3 Å². The summed E-state index contributed by atoms with van der Waals surface area (Å²) in [5, 5.41) is 12.5. The summed E-state index contributed by atoms with van der Waals surface area (Å²) in [6, 6.07) is 15.9. The Labute approximate surface area is 174 Å². The van der Waals surface area contributed by atoms with Crippen molar-refractivity contribution in [2.24, 2.45) is 0 Å². The summed E-state index contributed by atoms with van der Waals surface area (Å²) < 4.78 is 6.84. The molecule has 0 radical (unpaired) electrons. The molecular formula is C23H23BrN2O2. The fraction of sp³-hybridized carbons (Fsp3) is 0.304. The maximum atomic E-state index is 12.5. The minimum Gasteiger partial charge on any atom is -0.488 e. The van der Waals surface area contributed by atoms with E-state index in [-0.39, 0.29) is 17.5 Å². The first-order valence-electron chi connectivity index (χ1n) is 9.45. The minimum atomic E-state index is -0.320. The fourth-order valence-electron chi connectivity index (χ4n) is 3.36. The average molecular weight is 439 g/mol. The van der Waals surface area contributed by atoms with E-state index in [9.17, 15) is 10.1 Å². The molecule has 0 aromatic heterocycles. The molecule has 0 bridgehead atoms. The van der Waals surface area contributed by atoms with Crippen LogP contribution in [0.4, 0.5) is 0 Å². The van der Waals surface area contributed by atoms with Crippen molar-refractivity contribution in [3.05, 3.63) is 69.2 Å². The topological polar surface area (TPSA) is 62.1 Å². The zero-order valence-electron chi connectivity index (χ0n) is 15.9. The highest BCUT2D eigenvalue weighted by molar-refractivity contribution is 9.10. The van der Waals surface area contributed by atoms with Crippen molar-refractivity contribution < 1.29 is 9.53 Å². The largest absolute Gasteiger partial charge is 0.488 e. The first-order chi connectivity index (χ1) is 13.5. The summed E-state index contributed by atoms with van der Waals surface area (Å²) in [6.07, 6.45) is 5.80. The standard InChI is InChI=1S/C23H23BrN2O2/c1-16-5-4-6-17(11-16)15-28-22-10-9-20(24)13-18(22)12-19(14-25)23(27)26-21-7-2-3-8-21/h4-6,9-13,21H,2-3,7-8,15H2,1H3,(H,26,27)/b19-12-. The van der Waals surface area contributed by atoms with Gasteiger partial charge in [0, 0.05) is 16.1 Å². The molecule has 0 saturated heterocycles. The normalized spacial score (nSPS) is 14.5. The number of rotatable bonds is 6. The Morgan fingerprint density at radius 1 is 1.29 bits per heavy atom. The highest BCUT2D eigenvalue weighted by Crippen LogP contribution is 2.27. The molecule has 2 aromatic carbocycles. The molecule has 28 heavy (non-hydrogen) atoms. The van der Waals surface area contributed by atoms with Gasteiger partial charge >= 0.3 is 0 Å². The summed E-state index contributed by atoms with van der Waals surface area (Å²) in [4.78, 5) is 12.5. The van der Waals surface area contributed by atoms with Gasteiger partial charge in [-0.3, -0.25) is 4.79 Å². The van der Waals surface area contributed by atoms with Crippen LogP contribution in [0, 0.1) is 18.3 Å². The second kappa shape index (κ2) is 9.57. The molecule has 4 nitrogen and oxygen atoms in total. The number of nitrogens with one attached hydrogen (secondary N) is 1. The van der Waals surface area contributed by atoms with Crippen molar-refractivity contribution in [2.75, 3.05) is 0 Å². The Kier molecular flexibility index (Phi) is 6.89. The molecule has 1 amide bonds. The van der Waals surface area contributed by atoms with Crippen LogP contribution in [0.25, 0.3) is 6.08 Å². The van der Waals surface area contributed by atoms with Crippen LogP contribution < -0.4 is 10.1 Å². The third kappa shape index (κ3) is 5.46. The molecule has 144 valence electrons. The number of aryl methyl sites for hydroxylation is 1. The van der Waals surface area contributed by atoms with Gasteiger partial charge in [-0.05, 0) is 49.6 Å². The number of ether oxygens (including phenoxy) is 1. The SMILES string of the molecule is Cc1cccc(COc2ccc(Br)cc2/C=C(/C#N)C(=O)NC2CCCC2)c1. The highest BCUT2D eigenvalue weighted by Gasteiger charge is 2.19. The summed E-state index contributed by atoms with van der Waals surface area (Å²) in [5.74, 6) is 0.310. The summed E-state index contributed by atoms with van der Waals surface area (Å²) in [6.45, 7) is 2.46. The van der Waals surface area contributed by atoms with Gasteiger partial charge in [0.1, 0.15) is 24.0 Å². The molecule has 0 heterocycles. The summed E-state index contributed by atoms with van der Waals surface area (Å²) in [5.41, 5.74) is 3.02. The number of hydrogen-bond donors (Lipinski definition) is 1. The molecule has 0 spiro atoms. The minimum absolute atomic E-state index is 0.0883. The lowest BCUT2D eigenvalue weighted by Gasteiger charge is -2.13. The number of nitriles is 1. The highest BCUT2D eigenvalue weighted by atomic mass is 79.9. The van der Waals surface area contributed by atoms with Gasteiger partial charge in [0.2, 0.25) is 0 Å². The van der Waals surface area contributed by atoms with E-state index >= 15 is 0 Å². The molecule has 1 fully saturated rings. The number of carbonyl (C=O) groups is 1. The molecule has 2 aromatic rings. The fourth-order valence-corrected chi connectivity index (χ4v) is 3.74. The van der Waals surface area contributed by atoms with E-state index in [2.05, 4.69) is 27.3 Å².